The molecular weight excluding hydrogens is 228 g/mol. The standard InChI is InChI=1S/C15H14O3/c16-14-10-18-15-8-12(6-7-13(14)15)17-9-11-4-2-1-3-5-11/h1-8,14,16H,9-10H2. The van der Waals surface area contributed by atoms with Gasteiger partial charge in [0.25, 0.3) is 0 Å². The highest BCUT2D eigenvalue weighted by Crippen LogP contribution is 2.35. The Labute approximate surface area is 106 Å². The summed E-state index contributed by atoms with van der Waals surface area (Å²) >= 11 is 0. The van der Waals surface area contributed by atoms with Crippen LogP contribution in [0.15, 0.2) is 48.5 Å². The summed E-state index contributed by atoms with van der Waals surface area (Å²) < 4.78 is 11.1. The van der Waals surface area contributed by atoms with E-state index >= 15 is 0 Å². The summed E-state index contributed by atoms with van der Waals surface area (Å²) in [5, 5.41) is 9.61. The average molecular weight is 242 g/mol. The Morgan fingerprint density at radius 1 is 1.17 bits per heavy atom. The predicted octanol–water partition coefficient (Wildman–Crippen LogP) is 2.69. The van der Waals surface area contributed by atoms with Crippen LogP contribution in [0.4, 0.5) is 0 Å². The van der Waals surface area contributed by atoms with E-state index in [4.69, 9.17) is 9.47 Å². The van der Waals surface area contributed by atoms with E-state index in [0.29, 0.717) is 19.0 Å². The quantitative estimate of drug-likeness (QED) is 0.899. The number of hydrogen-bond donors (Lipinski definition) is 1. The van der Waals surface area contributed by atoms with Crippen molar-refractivity contribution in [1.82, 2.24) is 0 Å². The number of hydrogen-bond acceptors (Lipinski definition) is 3. The van der Waals surface area contributed by atoms with Crippen molar-refractivity contribution in [3.63, 3.8) is 0 Å². The Bertz CT molecular complexity index is 537. The average Bonchev–Trinajstić information content (AvgIpc) is 2.79. The fourth-order valence-electron chi connectivity index (χ4n) is 2.00. The molecule has 3 rings (SSSR count). The van der Waals surface area contributed by atoms with Crippen molar-refractivity contribution in [2.75, 3.05) is 6.61 Å². The van der Waals surface area contributed by atoms with Crippen LogP contribution in [0.5, 0.6) is 11.5 Å². The van der Waals surface area contributed by atoms with Crippen LogP contribution in [0, 0.1) is 0 Å². The fraction of sp³-hybridized carbons (Fsp3) is 0.200. The molecule has 1 atom stereocenters. The van der Waals surface area contributed by atoms with Crippen molar-refractivity contribution in [2.24, 2.45) is 0 Å². The molecule has 1 unspecified atom stereocenters. The molecule has 1 aliphatic heterocycles. The number of aliphatic hydroxyl groups excluding tert-OH is 1. The number of aliphatic hydroxyl groups is 1. The summed E-state index contributed by atoms with van der Waals surface area (Å²) in [7, 11) is 0. The van der Waals surface area contributed by atoms with Gasteiger partial charge in [-0.1, -0.05) is 30.3 Å². The van der Waals surface area contributed by atoms with E-state index in [0.717, 1.165) is 16.9 Å². The SMILES string of the molecule is OC1COc2cc(OCc3ccccc3)ccc21. The first-order valence-electron chi connectivity index (χ1n) is 5.94. The lowest BCUT2D eigenvalue weighted by Gasteiger charge is -2.08. The second-order valence-corrected chi connectivity index (χ2v) is 4.30. The molecule has 0 bridgehead atoms. The van der Waals surface area contributed by atoms with Crippen molar-refractivity contribution in [3.05, 3.63) is 59.7 Å². The lowest BCUT2D eigenvalue weighted by atomic mass is 10.1. The summed E-state index contributed by atoms with van der Waals surface area (Å²) in [6.45, 7) is 0.861. The molecular formula is C15H14O3. The third-order valence-electron chi connectivity index (χ3n) is 2.99. The Hall–Kier alpha value is -2.00. The van der Waals surface area contributed by atoms with Crippen LogP contribution in [0.25, 0.3) is 0 Å². The van der Waals surface area contributed by atoms with Crippen LogP contribution >= 0.6 is 0 Å². The van der Waals surface area contributed by atoms with Crippen molar-refractivity contribution in [3.8, 4) is 11.5 Å². The summed E-state index contributed by atoms with van der Waals surface area (Å²) in [6, 6.07) is 15.5. The zero-order chi connectivity index (χ0) is 12.4. The monoisotopic (exact) mass is 242 g/mol. The van der Waals surface area contributed by atoms with E-state index in [1.54, 1.807) is 0 Å². The molecule has 0 radical (unpaired) electrons. The first-order valence-corrected chi connectivity index (χ1v) is 5.94. The lowest BCUT2D eigenvalue weighted by molar-refractivity contribution is 0.140. The van der Waals surface area contributed by atoms with Gasteiger partial charge in [0.1, 0.15) is 30.8 Å². The van der Waals surface area contributed by atoms with Crippen LogP contribution in [-0.2, 0) is 6.61 Å². The summed E-state index contributed by atoms with van der Waals surface area (Å²) in [6.07, 6.45) is -0.511. The zero-order valence-electron chi connectivity index (χ0n) is 9.87. The normalized spacial score (nSPS) is 17.1. The van der Waals surface area contributed by atoms with Gasteiger partial charge in [0.2, 0.25) is 0 Å². The summed E-state index contributed by atoms with van der Waals surface area (Å²) in [5.41, 5.74) is 1.96. The Kier molecular flexibility index (Phi) is 2.90. The highest BCUT2D eigenvalue weighted by molar-refractivity contribution is 5.44. The van der Waals surface area contributed by atoms with E-state index < -0.39 is 6.10 Å². The first kappa shape index (κ1) is 11.1. The molecule has 0 amide bonds. The Morgan fingerprint density at radius 3 is 2.83 bits per heavy atom. The van der Waals surface area contributed by atoms with Crippen molar-refractivity contribution >= 4 is 0 Å². The van der Waals surface area contributed by atoms with Gasteiger partial charge in [0.15, 0.2) is 0 Å². The molecule has 0 fully saturated rings. The van der Waals surface area contributed by atoms with E-state index in [-0.39, 0.29) is 0 Å². The largest absolute Gasteiger partial charge is 0.490 e. The smallest absolute Gasteiger partial charge is 0.129 e. The third kappa shape index (κ3) is 2.17. The summed E-state index contributed by atoms with van der Waals surface area (Å²) in [4.78, 5) is 0. The molecule has 2 aromatic carbocycles. The maximum atomic E-state index is 9.61. The Morgan fingerprint density at radius 2 is 2.00 bits per heavy atom. The van der Waals surface area contributed by atoms with Gasteiger partial charge in [-0.3, -0.25) is 0 Å². The zero-order valence-corrected chi connectivity index (χ0v) is 9.87. The molecule has 1 heterocycles. The van der Waals surface area contributed by atoms with Crippen LogP contribution in [-0.4, -0.2) is 11.7 Å². The molecule has 2 aromatic rings. The molecule has 0 saturated carbocycles. The van der Waals surface area contributed by atoms with Crippen LogP contribution in [0.2, 0.25) is 0 Å². The summed E-state index contributed by atoms with van der Waals surface area (Å²) in [5.74, 6) is 1.47. The van der Waals surface area contributed by atoms with Crippen LogP contribution < -0.4 is 9.47 Å². The van der Waals surface area contributed by atoms with Gasteiger partial charge < -0.3 is 14.6 Å². The van der Waals surface area contributed by atoms with E-state index in [1.807, 2.05) is 48.5 Å². The molecule has 0 saturated heterocycles. The topological polar surface area (TPSA) is 38.7 Å². The molecule has 18 heavy (non-hydrogen) atoms. The molecule has 92 valence electrons. The molecule has 0 aliphatic carbocycles. The van der Waals surface area contributed by atoms with Gasteiger partial charge in [-0.2, -0.15) is 0 Å². The molecule has 0 aromatic heterocycles. The van der Waals surface area contributed by atoms with E-state index in [1.165, 1.54) is 0 Å². The second kappa shape index (κ2) is 4.70. The first-order chi connectivity index (χ1) is 8.83. The maximum absolute atomic E-state index is 9.61. The maximum Gasteiger partial charge on any atom is 0.129 e. The minimum absolute atomic E-state index is 0.331. The van der Waals surface area contributed by atoms with Crippen LogP contribution in [0.1, 0.15) is 17.2 Å². The third-order valence-corrected chi connectivity index (χ3v) is 2.99. The van der Waals surface area contributed by atoms with Gasteiger partial charge in [0.05, 0.1) is 0 Å². The fourth-order valence-corrected chi connectivity index (χ4v) is 2.00. The van der Waals surface area contributed by atoms with Crippen molar-refractivity contribution in [2.45, 2.75) is 12.7 Å². The van der Waals surface area contributed by atoms with E-state index in [2.05, 4.69) is 0 Å². The lowest BCUT2D eigenvalue weighted by Crippen LogP contribution is -1.97. The molecule has 0 spiro atoms. The molecule has 1 aliphatic rings. The Balaban J connectivity index is 1.71. The van der Waals surface area contributed by atoms with Gasteiger partial charge in [0, 0.05) is 11.6 Å². The second-order valence-electron chi connectivity index (χ2n) is 4.30. The van der Waals surface area contributed by atoms with E-state index in [9.17, 15) is 5.11 Å². The molecule has 3 heteroatoms. The highest BCUT2D eigenvalue weighted by Gasteiger charge is 2.21. The van der Waals surface area contributed by atoms with Crippen molar-refractivity contribution < 1.29 is 14.6 Å². The highest BCUT2D eigenvalue weighted by atomic mass is 16.5. The van der Waals surface area contributed by atoms with Gasteiger partial charge in [-0.25, -0.2) is 0 Å². The molecule has 1 N–H and O–H groups in total. The van der Waals surface area contributed by atoms with Gasteiger partial charge >= 0.3 is 0 Å². The minimum Gasteiger partial charge on any atom is -0.490 e. The number of benzene rings is 2. The molecule has 3 nitrogen and oxygen atoms in total. The number of fused-ring (bicyclic) bond motifs is 1. The number of rotatable bonds is 3. The number of ether oxygens (including phenoxy) is 2. The minimum atomic E-state index is -0.511. The van der Waals surface area contributed by atoms with Gasteiger partial charge in [-0.05, 0) is 17.7 Å². The van der Waals surface area contributed by atoms with Crippen LogP contribution in [0.3, 0.4) is 0 Å². The van der Waals surface area contributed by atoms with Gasteiger partial charge in [-0.15, -0.1) is 0 Å². The predicted molar refractivity (Wildman–Crippen MR) is 67.7 cm³/mol. The van der Waals surface area contributed by atoms with Crippen molar-refractivity contribution in [1.29, 1.82) is 0 Å².